The average Bonchev–Trinajstić information content (AvgIpc) is 3.67. The molecule has 7 atom stereocenters. The van der Waals surface area contributed by atoms with Crippen molar-refractivity contribution in [1.29, 1.82) is 0 Å². The fourth-order valence-electron chi connectivity index (χ4n) is 7.51. The molecule has 5 rings (SSSR count). The van der Waals surface area contributed by atoms with E-state index in [1.54, 1.807) is 28.9 Å². The third-order valence-electron chi connectivity index (χ3n) is 9.70. The van der Waals surface area contributed by atoms with Crippen LogP contribution in [0.4, 0.5) is 5.69 Å². The molecule has 1 unspecified atom stereocenters. The molecule has 2 bridgehead atoms. The molecule has 0 aliphatic carbocycles. The standard InChI is InChI=1S/C37H46BrN3O7/c1-4-6-15-29(43)39-23-24(3)47-36(46)30-31-34(44)41(19-11-7-8-12-20-42)33(37(31)22-28(38)32(30)48-37)35(45)40(18-5-2)27-17-16-25-13-9-10-14-26(25)21-27/h4-5,9-10,13-14,16-17,21,24,28,30-33,42H,1-2,6-8,11-12,15,18-20,22-23H2,3H3,(H,39,43)/t24-,28?,30+,31-,32+,33+,37-/m0/s1. The molecule has 3 aliphatic heterocycles. The minimum Gasteiger partial charge on any atom is -0.460 e. The first-order valence-corrected chi connectivity index (χ1v) is 17.8. The van der Waals surface area contributed by atoms with Gasteiger partial charge in [-0.1, -0.05) is 71.3 Å². The number of fused-ring (bicyclic) bond motifs is 2. The molecular formula is C37H46BrN3O7. The van der Waals surface area contributed by atoms with Crippen LogP contribution in [0.15, 0.2) is 67.8 Å². The first-order chi connectivity index (χ1) is 23.2. The zero-order valence-corrected chi connectivity index (χ0v) is 29.1. The van der Waals surface area contributed by atoms with Gasteiger partial charge >= 0.3 is 5.97 Å². The summed E-state index contributed by atoms with van der Waals surface area (Å²) in [5, 5.41) is 14.0. The van der Waals surface area contributed by atoms with E-state index in [9.17, 15) is 24.3 Å². The molecule has 1 spiro atoms. The number of nitrogens with zero attached hydrogens (tertiary/aromatic N) is 2. The number of likely N-dealkylation sites (tertiary alicyclic amines) is 1. The highest BCUT2D eigenvalue weighted by molar-refractivity contribution is 9.09. The molecule has 0 saturated carbocycles. The summed E-state index contributed by atoms with van der Waals surface area (Å²) in [4.78, 5) is 58.3. The van der Waals surface area contributed by atoms with Gasteiger partial charge in [0, 0.05) is 36.6 Å². The van der Waals surface area contributed by atoms with Crippen molar-refractivity contribution >= 4 is 56.1 Å². The van der Waals surface area contributed by atoms with Crippen LogP contribution in [0.1, 0.15) is 51.9 Å². The van der Waals surface area contributed by atoms with Crippen LogP contribution >= 0.6 is 15.9 Å². The van der Waals surface area contributed by atoms with Crippen LogP contribution < -0.4 is 10.2 Å². The molecule has 3 amide bonds. The van der Waals surface area contributed by atoms with Crippen LogP contribution in [0.25, 0.3) is 10.8 Å². The molecule has 3 aliphatic rings. The predicted molar refractivity (Wildman–Crippen MR) is 187 cm³/mol. The van der Waals surface area contributed by atoms with Crippen molar-refractivity contribution in [3.8, 4) is 0 Å². The second-order valence-electron chi connectivity index (χ2n) is 13.0. The van der Waals surface area contributed by atoms with Crippen molar-refractivity contribution in [2.45, 2.75) is 80.5 Å². The number of hydrogen-bond acceptors (Lipinski definition) is 7. The Morgan fingerprint density at radius 3 is 2.62 bits per heavy atom. The van der Waals surface area contributed by atoms with E-state index in [0.717, 1.165) is 23.6 Å². The van der Waals surface area contributed by atoms with E-state index < -0.39 is 41.7 Å². The average molecular weight is 725 g/mol. The lowest BCUT2D eigenvalue weighted by Crippen LogP contribution is -2.57. The van der Waals surface area contributed by atoms with Crippen LogP contribution in [0.3, 0.4) is 0 Å². The number of aliphatic hydroxyl groups is 1. The van der Waals surface area contributed by atoms with Gasteiger partial charge in [0.15, 0.2) is 0 Å². The van der Waals surface area contributed by atoms with Crippen molar-refractivity contribution < 1.29 is 33.8 Å². The quantitative estimate of drug-likeness (QED) is 0.105. The maximum atomic E-state index is 14.9. The van der Waals surface area contributed by atoms with E-state index in [4.69, 9.17) is 9.47 Å². The number of benzene rings is 2. The van der Waals surface area contributed by atoms with Crippen LogP contribution in [0.2, 0.25) is 0 Å². The van der Waals surface area contributed by atoms with Gasteiger partial charge in [-0.25, -0.2) is 0 Å². The summed E-state index contributed by atoms with van der Waals surface area (Å²) in [6, 6.07) is 12.8. The lowest BCUT2D eigenvalue weighted by Gasteiger charge is -2.37. The zero-order chi connectivity index (χ0) is 34.4. The van der Waals surface area contributed by atoms with E-state index in [-0.39, 0.29) is 42.2 Å². The number of halogens is 1. The SMILES string of the molecule is C=CCCC(=O)NC[C@H](C)OC(=O)[C@H]1[C@@H]2O[C@@]3(CC2Br)[C@@H]1C(=O)N(CCCCCCO)[C@@H]3C(=O)N(CC=C)c1ccc2ccccc2c1. The van der Waals surface area contributed by atoms with Crippen molar-refractivity contribution in [2.75, 3.05) is 31.1 Å². The fourth-order valence-corrected chi connectivity index (χ4v) is 8.45. The number of aliphatic hydroxyl groups excluding tert-OH is 1. The van der Waals surface area contributed by atoms with E-state index in [0.29, 0.717) is 44.3 Å². The maximum absolute atomic E-state index is 14.9. The van der Waals surface area contributed by atoms with Crippen LogP contribution in [-0.4, -0.2) is 88.6 Å². The number of unbranched alkanes of at least 4 members (excludes halogenated alkanes) is 3. The Bertz CT molecular complexity index is 1530. The van der Waals surface area contributed by atoms with Crippen molar-refractivity contribution in [3.63, 3.8) is 0 Å². The van der Waals surface area contributed by atoms with Gasteiger partial charge in [-0.2, -0.15) is 0 Å². The highest BCUT2D eigenvalue weighted by Gasteiger charge is 2.77. The van der Waals surface area contributed by atoms with Crippen LogP contribution in [0.5, 0.6) is 0 Å². The summed E-state index contributed by atoms with van der Waals surface area (Å²) in [7, 11) is 0. The van der Waals surface area contributed by atoms with Crippen LogP contribution in [-0.2, 0) is 28.7 Å². The predicted octanol–water partition coefficient (Wildman–Crippen LogP) is 4.67. The van der Waals surface area contributed by atoms with Gasteiger partial charge in [-0.15, -0.1) is 13.2 Å². The summed E-state index contributed by atoms with van der Waals surface area (Å²) in [5.41, 5.74) is -0.558. The first-order valence-electron chi connectivity index (χ1n) is 16.9. The number of rotatable bonds is 17. The van der Waals surface area contributed by atoms with Gasteiger partial charge in [0.05, 0.1) is 24.5 Å². The summed E-state index contributed by atoms with van der Waals surface area (Å²) >= 11 is 3.72. The highest BCUT2D eigenvalue weighted by Crippen LogP contribution is 2.60. The summed E-state index contributed by atoms with van der Waals surface area (Å²) in [5.74, 6) is -3.14. The second kappa shape index (κ2) is 15.8. The van der Waals surface area contributed by atoms with Gasteiger partial charge < -0.3 is 29.7 Å². The summed E-state index contributed by atoms with van der Waals surface area (Å²) in [6.45, 7) is 9.99. The molecule has 2 aromatic carbocycles. The maximum Gasteiger partial charge on any atom is 0.312 e. The number of amides is 3. The molecule has 3 fully saturated rings. The normalized spacial score (nSPS) is 26.3. The largest absolute Gasteiger partial charge is 0.460 e. The molecule has 3 heterocycles. The number of esters is 1. The number of alkyl halides is 1. The molecule has 258 valence electrons. The summed E-state index contributed by atoms with van der Waals surface area (Å²) < 4.78 is 12.5. The fraction of sp³-hybridized carbons (Fsp3) is 0.514. The zero-order valence-electron chi connectivity index (χ0n) is 27.5. The Balaban J connectivity index is 1.44. The molecule has 2 aromatic rings. The molecule has 2 N–H and O–H groups in total. The molecular weight excluding hydrogens is 678 g/mol. The van der Waals surface area contributed by atoms with Gasteiger partial charge in [0.1, 0.15) is 17.7 Å². The summed E-state index contributed by atoms with van der Waals surface area (Å²) in [6.07, 6.45) is 6.11. The Kier molecular flexibility index (Phi) is 11.8. The molecule has 0 radical (unpaired) electrons. The number of allylic oxidation sites excluding steroid dienone is 1. The van der Waals surface area contributed by atoms with E-state index >= 15 is 0 Å². The lowest BCUT2D eigenvalue weighted by atomic mass is 9.70. The van der Waals surface area contributed by atoms with Gasteiger partial charge in [0.25, 0.3) is 5.91 Å². The van der Waals surface area contributed by atoms with E-state index in [1.165, 1.54) is 0 Å². The van der Waals surface area contributed by atoms with Gasteiger partial charge in [0.2, 0.25) is 11.8 Å². The topological polar surface area (TPSA) is 125 Å². The molecule has 11 heteroatoms. The number of carbonyl (C=O) groups is 4. The third kappa shape index (κ3) is 7.09. The highest BCUT2D eigenvalue weighted by atomic mass is 79.9. The number of carbonyl (C=O) groups excluding carboxylic acids is 4. The van der Waals surface area contributed by atoms with E-state index in [1.807, 2.05) is 42.5 Å². The van der Waals surface area contributed by atoms with Crippen molar-refractivity contribution in [3.05, 3.63) is 67.8 Å². The Morgan fingerprint density at radius 1 is 1.15 bits per heavy atom. The minimum absolute atomic E-state index is 0.0970. The number of nitrogens with one attached hydrogen (secondary N) is 1. The Morgan fingerprint density at radius 2 is 1.90 bits per heavy atom. The Labute approximate surface area is 290 Å². The number of ether oxygens (including phenoxy) is 2. The van der Waals surface area contributed by atoms with Crippen molar-refractivity contribution in [2.24, 2.45) is 11.8 Å². The second-order valence-corrected chi connectivity index (χ2v) is 14.2. The lowest BCUT2D eigenvalue weighted by molar-refractivity contribution is -0.159. The van der Waals surface area contributed by atoms with Crippen molar-refractivity contribution in [1.82, 2.24) is 10.2 Å². The molecule has 0 aromatic heterocycles. The van der Waals surface area contributed by atoms with Gasteiger partial charge in [-0.05, 0) is 55.5 Å². The number of hydrogen-bond donors (Lipinski definition) is 2. The molecule has 48 heavy (non-hydrogen) atoms. The Hall–Kier alpha value is -3.54. The first kappa shape index (κ1) is 35.8. The van der Waals surface area contributed by atoms with E-state index in [2.05, 4.69) is 34.4 Å². The monoisotopic (exact) mass is 723 g/mol. The smallest absolute Gasteiger partial charge is 0.312 e. The number of anilines is 1. The third-order valence-corrected chi connectivity index (χ3v) is 10.5. The van der Waals surface area contributed by atoms with Crippen LogP contribution in [0, 0.1) is 11.8 Å². The molecule has 10 nitrogen and oxygen atoms in total. The minimum atomic E-state index is -1.24. The molecule has 3 saturated heterocycles. The van der Waals surface area contributed by atoms with Gasteiger partial charge in [-0.3, -0.25) is 19.2 Å².